The van der Waals surface area contributed by atoms with Crippen molar-refractivity contribution in [1.29, 1.82) is 5.26 Å². The Bertz CT molecular complexity index is 716. The number of nitrogens with zero attached hydrogens (tertiary/aromatic N) is 2. The van der Waals surface area contributed by atoms with Crippen LogP contribution < -0.4 is 10.6 Å². The standard InChI is InChI=1S/C19H23ClN4O/c20-14-5-4-12-2-1-3-13(16(12)8-14)10-22-19(25)23-17-9-15-6-7-18(17)24(15)11-21/h4-5,8,13,15,17-18H,1-3,6-7,9-10H2,(H2,22,23,25)/t13?,15-,17+,18+/m0/s1. The van der Waals surface area contributed by atoms with Crippen molar-refractivity contribution in [1.82, 2.24) is 15.5 Å². The van der Waals surface area contributed by atoms with Crippen LogP contribution in [-0.2, 0) is 6.42 Å². The summed E-state index contributed by atoms with van der Waals surface area (Å²) in [5, 5.41) is 16.1. The van der Waals surface area contributed by atoms with Gasteiger partial charge in [-0.3, -0.25) is 0 Å². The zero-order valence-electron chi connectivity index (χ0n) is 14.2. The van der Waals surface area contributed by atoms with Crippen molar-refractivity contribution in [2.45, 2.75) is 62.6 Å². The average Bonchev–Trinajstić information content (AvgIpc) is 3.16. The van der Waals surface area contributed by atoms with E-state index < -0.39 is 0 Å². The molecule has 1 unspecified atom stereocenters. The first-order chi connectivity index (χ1) is 12.2. The number of hydrogen-bond acceptors (Lipinski definition) is 3. The SMILES string of the molecule is N#CN1[C@H]2CC[C@@H]1[C@H](NC(=O)NCC1CCCc3ccc(Cl)cc31)C2. The Morgan fingerprint density at radius 3 is 3.04 bits per heavy atom. The molecular weight excluding hydrogens is 336 g/mol. The van der Waals surface area contributed by atoms with E-state index in [0.29, 0.717) is 18.5 Å². The van der Waals surface area contributed by atoms with Crippen molar-refractivity contribution in [3.8, 4) is 6.19 Å². The fourth-order valence-corrected chi connectivity index (χ4v) is 5.00. The van der Waals surface area contributed by atoms with Crippen molar-refractivity contribution in [3.05, 3.63) is 34.3 Å². The summed E-state index contributed by atoms with van der Waals surface area (Å²) in [5.74, 6) is 0.323. The van der Waals surface area contributed by atoms with Gasteiger partial charge in [-0.25, -0.2) is 4.79 Å². The molecule has 2 aliphatic heterocycles. The summed E-state index contributed by atoms with van der Waals surface area (Å²) in [4.78, 5) is 14.2. The van der Waals surface area contributed by atoms with Crippen LogP contribution in [0.4, 0.5) is 4.79 Å². The molecule has 132 valence electrons. The van der Waals surface area contributed by atoms with E-state index in [4.69, 9.17) is 11.6 Å². The Hall–Kier alpha value is -1.93. The van der Waals surface area contributed by atoms with Crippen LogP contribution >= 0.6 is 11.6 Å². The quantitative estimate of drug-likeness (QED) is 0.815. The fraction of sp³-hybridized carbons (Fsp3) is 0.579. The van der Waals surface area contributed by atoms with Crippen LogP contribution in [0, 0.1) is 11.5 Å². The van der Waals surface area contributed by atoms with Crippen molar-refractivity contribution >= 4 is 17.6 Å². The van der Waals surface area contributed by atoms with Gasteiger partial charge in [0.05, 0.1) is 12.1 Å². The van der Waals surface area contributed by atoms with E-state index in [2.05, 4.69) is 22.9 Å². The van der Waals surface area contributed by atoms with Gasteiger partial charge in [0.25, 0.3) is 0 Å². The predicted molar refractivity (Wildman–Crippen MR) is 96.3 cm³/mol. The minimum Gasteiger partial charge on any atom is -0.338 e. The third kappa shape index (κ3) is 3.16. The molecule has 3 aliphatic rings. The fourth-order valence-electron chi connectivity index (χ4n) is 4.81. The molecule has 25 heavy (non-hydrogen) atoms. The van der Waals surface area contributed by atoms with Gasteiger partial charge in [0.2, 0.25) is 0 Å². The molecule has 0 aromatic heterocycles. The molecule has 2 amide bonds. The Balaban J connectivity index is 1.33. The molecule has 2 bridgehead atoms. The molecule has 4 rings (SSSR count). The van der Waals surface area contributed by atoms with Gasteiger partial charge >= 0.3 is 6.03 Å². The molecule has 2 saturated heterocycles. The van der Waals surface area contributed by atoms with Gasteiger partial charge in [0, 0.05) is 23.5 Å². The molecular formula is C19H23ClN4O. The first-order valence-corrected chi connectivity index (χ1v) is 9.54. The number of carbonyl (C=O) groups is 1. The van der Waals surface area contributed by atoms with Gasteiger partial charge in [-0.15, -0.1) is 0 Å². The van der Waals surface area contributed by atoms with E-state index in [0.717, 1.165) is 43.5 Å². The Morgan fingerprint density at radius 2 is 2.24 bits per heavy atom. The number of aryl methyl sites for hydroxylation is 1. The molecule has 0 saturated carbocycles. The number of amides is 2. The summed E-state index contributed by atoms with van der Waals surface area (Å²) in [7, 11) is 0. The lowest BCUT2D eigenvalue weighted by Crippen LogP contribution is -2.48. The molecule has 2 N–H and O–H groups in total. The lowest BCUT2D eigenvalue weighted by Gasteiger charge is -2.27. The summed E-state index contributed by atoms with van der Waals surface area (Å²) >= 11 is 6.15. The lowest BCUT2D eigenvalue weighted by molar-refractivity contribution is 0.231. The zero-order chi connectivity index (χ0) is 17.4. The van der Waals surface area contributed by atoms with Crippen LogP contribution in [-0.4, -0.2) is 35.6 Å². The number of carbonyl (C=O) groups excluding carboxylic acids is 1. The second-order valence-corrected chi connectivity index (χ2v) is 7.87. The Kier molecular flexibility index (Phi) is 4.47. The first-order valence-electron chi connectivity index (χ1n) is 9.16. The number of fused-ring (bicyclic) bond motifs is 3. The maximum Gasteiger partial charge on any atom is 0.315 e. The van der Waals surface area contributed by atoms with Gasteiger partial charge < -0.3 is 15.5 Å². The highest BCUT2D eigenvalue weighted by atomic mass is 35.5. The number of benzene rings is 1. The third-order valence-electron chi connectivity index (χ3n) is 6.02. The number of urea groups is 1. The van der Waals surface area contributed by atoms with Gasteiger partial charge in [0.1, 0.15) is 0 Å². The maximum atomic E-state index is 12.3. The van der Waals surface area contributed by atoms with E-state index in [1.54, 1.807) is 0 Å². The summed E-state index contributed by atoms with van der Waals surface area (Å²) < 4.78 is 0. The van der Waals surface area contributed by atoms with Crippen LogP contribution in [0.15, 0.2) is 18.2 Å². The molecule has 6 heteroatoms. The smallest absolute Gasteiger partial charge is 0.315 e. The Labute approximate surface area is 153 Å². The molecule has 1 aromatic carbocycles. The predicted octanol–water partition coefficient (Wildman–Crippen LogP) is 3.15. The van der Waals surface area contributed by atoms with Crippen LogP contribution in [0.3, 0.4) is 0 Å². The number of nitrogens with one attached hydrogen (secondary N) is 2. The van der Waals surface area contributed by atoms with Crippen molar-refractivity contribution in [2.75, 3.05) is 6.54 Å². The van der Waals surface area contributed by atoms with Crippen LogP contribution in [0.5, 0.6) is 0 Å². The van der Waals surface area contributed by atoms with Crippen molar-refractivity contribution in [3.63, 3.8) is 0 Å². The van der Waals surface area contributed by atoms with Crippen molar-refractivity contribution < 1.29 is 4.79 Å². The molecule has 2 heterocycles. The van der Waals surface area contributed by atoms with Crippen molar-refractivity contribution in [2.24, 2.45) is 0 Å². The highest BCUT2D eigenvalue weighted by Crippen LogP contribution is 2.37. The summed E-state index contributed by atoms with van der Waals surface area (Å²) in [6, 6.07) is 6.55. The van der Waals surface area contributed by atoms with E-state index in [1.807, 2.05) is 17.0 Å². The summed E-state index contributed by atoms with van der Waals surface area (Å²) in [6.07, 6.45) is 8.53. The highest BCUT2D eigenvalue weighted by Gasteiger charge is 2.46. The maximum absolute atomic E-state index is 12.3. The van der Waals surface area contributed by atoms with E-state index in [1.165, 1.54) is 11.1 Å². The molecule has 1 aromatic rings. The summed E-state index contributed by atoms with van der Waals surface area (Å²) in [5.41, 5.74) is 2.62. The molecule has 2 fully saturated rings. The topological polar surface area (TPSA) is 68.2 Å². The zero-order valence-corrected chi connectivity index (χ0v) is 14.9. The van der Waals surface area contributed by atoms with Gasteiger partial charge in [-0.1, -0.05) is 17.7 Å². The minimum atomic E-state index is -0.121. The monoisotopic (exact) mass is 358 g/mol. The number of rotatable bonds is 3. The first kappa shape index (κ1) is 16.5. The Morgan fingerprint density at radius 1 is 1.36 bits per heavy atom. The molecule has 5 nitrogen and oxygen atoms in total. The van der Waals surface area contributed by atoms with E-state index in [9.17, 15) is 10.1 Å². The normalized spacial score (nSPS) is 29.8. The van der Waals surface area contributed by atoms with E-state index >= 15 is 0 Å². The molecule has 1 aliphatic carbocycles. The molecule has 0 radical (unpaired) electrons. The second-order valence-electron chi connectivity index (χ2n) is 7.43. The number of halogens is 1. The largest absolute Gasteiger partial charge is 0.338 e. The summed E-state index contributed by atoms with van der Waals surface area (Å²) in [6.45, 7) is 0.627. The second kappa shape index (κ2) is 6.76. The third-order valence-corrected chi connectivity index (χ3v) is 6.26. The van der Waals surface area contributed by atoms with Gasteiger partial charge in [-0.05, 0) is 61.8 Å². The van der Waals surface area contributed by atoms with Gasteiger partial charge in [-0.2, -0.15) is 5.26 Å². The minimum absolute atomic E-state index is 0.0893. The molecule has 0 spiro atoms. The number of nitriles is 1. The average molecular weight is 359 g/mol. The van der Waals surface area contributed by atoms with Crippen LogP contribution in [0.25, 0.3) is 0 Å². The van der Waals surface area contributed by atoms with E-state index in [-0.39, 0.29) is 18.1 Å². The van der Waals surface area contributed by atoms with Crippen LogP contribution in [0.2, 0.25) is 5.02 Å². The lowest BCUT2D eigenvalue weighted by atomic mass is 9.83. The van der Waals surface area contributed by atoms with Crippen LogP contribution in [0.1, 0.15) is 49.1 Å². The van der Waals surface area contributed by atoms with Gasteiger partial charge in [0.15, 0.2) is 6.19 Å². The highest BCUT2D eigenvalue weighted by molar-refractivity contribution is 6.30. The number of hydrogen-bond donors (Lipinski definition) is 2. The molecule has 4 atom stereocenters.